The minimum absolute atomic E-state index is 0. The number of benzene rings is 1. The quantitative estimate of drug-likeness (QED) is 0.616. The SMILES string of the molecule is Cl.O=c1ccc(-n2ccnc2)nn1CCNCCOc1ccccc1. The minimum Gasteiger partial charge on any atom is -0.492 e. The Balaban J connectivity index is 0.00000225. The van der Waals surface area contributed by atoms with E-state index in [1.807, 2.05) is 30.3 Å². The average Bonchev–Trinajstić information content (AvgIpc) is 3.15. The van der Waals surface area contributed by atoms with Crippen LogP contribution in [-0.4, -0.2) is 39.0 Å². The van der Waals surface area contributed by atoms with Gasteiger partial charge in [0.15, 0.2) is 5.82 Å². The summed E-state index contributed by atoms with van der Waals surface area (Å²) in [5, 5.41) is 7.58. The molecular weight excluding hydrogens is 342 g/mol. The third-order valence-corrected chi connectivity index (χ3v) is 3.41. The molecule has 0 spiro atoms. The van der Waals surface area contributed by atoms with E-state index in [4.69, 9.17) is 4.74 Å². The first-order valence-electron chi connectivity index (χ1n) is 7.78. The zero-order valence-corrected chi connectivity index (χ0v) is 14.4. The fraction of sp³-hybridized carbons (Fsp3) is 0.235. The van der Waals surface area contributed by atoms with E-state index in [0.29, 0.717) is 32.1 Å². The maximum Gasteiger partial charge on any atom is 0.266 e. The highest BCUT2D eigenvalue weighted by molar-refractivity contribution is 5.85. The number of rotatable bonds is 8. The van der Waals surface area contributed by atoms with Gasteiger partial charge in [-0.05, 0) is 18.2 Å². The Morgan fingerprint density at radius 1 is 1.08 bits per heavy atom. The molecule has 0 radical (unpaired) electrons. The second-order valence-corrected chi connectivity index (χ2v) is 5.13. The van der Waals surface area contributed by atoms with Crippen molar-refractivity contribution < 1.29 is 4.74 Å². The van der Waals surface area contributed by atoms with Gasteiger partial charge in [0, 0.05) is 31.5 Å². The third kappa shape index (κ3) is 5.44. The lowest BCUT2D eigenvalue weighted by atomic mass is 10.3. The lowest BCUT2D eigenvalue weighted by Gasteiger charge is -2.09. The monoisotopic (exact) mass is 361 g/mol. The molecule has 0 amide bonds. The first-order chi connectivity index (χ1) is 11.8. The number of ether oxygens (including phenoxy) is 1. The van der Waals surface area contributed by atoms with E-state index in [-0.39, 0.29) is 18.0 Å². The van der Waals surface area contributed by atoms with Gasteiger partial charge in [0.25, 0.3) is 5.56 Å². The van der Waals surface area contributed by atoms with Crippen molar-refractivity contribution in [2.24, 2.45) is 0 Å². The summed E-state index contributed by atoms with van der Waals surface area (Å²) in [7, 11) is 0. The van der Waals surface area contributed by atoms with Crippen LogP contribution < -0.4 is 15.6 Å². The molecule has 2 heterocycles. The minimum atomic E-state index is -0.124. The van der Waals surface area contributed by atoms with Crippen LogP contribution >= 0.6 is 12.4 Å². The van der Waals surface area contributed by atoms with Gasteiger partial charge >= 0.3 is 0 Å². The van der Waals surface area contributed by atoms with E-state index in [9.17, 15) is 4.79 Å². The van der Waals surface area contributed by atoms with Crippen molar-refractivity contribution in [3.05, 3.63) is 71.5 Å². The molecule has 0 unspecified atom stereocenters. The highest BCUT2D eigenvalue weighted by Gasteiger charge is 2.02. The Kier molecular flexibility index (Phi) is 7.18. The first kappa shape index (κ1) is 18.7. The molecule has 0 fully saturated rings. The van der Waals surface area contributed by atoms with Crippen molar-refractivity contribution in [1.29, 1.82) is 0 Å². The molecule has 1 N–H and O–H groups in total. The van der Waals surface area contributed by atoms with Crippen LogP contribution in [-0.2, 0) is 6.54 Å². The summed E-state index contributed by atoms with van der Waals surface area (Å²) in [6.45, 7) is 2.40. The molecule has 0 atom stereocenters. The summed E-state index contributed by atoms with van der Waals surface area (Å²) < 4.78 is 8.80. The molecule has 7 nitrogen and oxygen atoms in total. The van der Waals surface area contributed by atoms with Gasteiger partial charge in [-0.1, -0.05) is 18.2 Å². The molecule has 3 rings (SSSR count). The first-order valence-corrected chi connectivity index (χ1v) is 7.78. The highest BCUT2D eigenvalue weighted by atomic mass is 35.5. The largest absolute Gasteiger partial charge is 0.492 e. The normalized spacial score (nSPS) is 10.2. The van der Waals surface area contributed by atoms with Crippen molar-refractivity contribution in [3.8, 4) is 11.6 Å². The van der Waals surface area contributed by atoms with E-state index in [2.05, 4.69) is 15.4 Å². The van der Waals surface area contributed by atoms with E-state index >= 15 is 0 Å². The summed E-state index contributed by atoms with van der Waals surface area (Å²) >= 11 is 0. The van der Waals surface area contributed by atoms with Crippen molar-refractivity contribution in [1.82, 2.24) is 24.6 Å². The van der Waals surface area contributed by atoms with Gasteiger partial charge in [-0.3, -0.25) is 9.36 Å². The van der Waals surface area contributed by atoms with Crippen LogP contribution in [0.2, 0.25) is 0 Å². The van der Waals surface area contributed by atoms with Gasteiger partial charge in [0.05, 0.1) is 6.54 Å². The van der Waals surface area contributed by atoms with Gasteiger partial charge in [-0.25, -0.2) is 9.67 Å². The molecule has 0 bridgehead atoms. The predicted molar refractivity (Wildman–Crippen MR) is 97.7 cm³/mol. The van der Waals surface area contributed by atoms with Crippen LogP contribution in [0.5, 0.6) is 5.75 Å². The maximum absolute atomic E-state index is 11.9. The average molecular weight is 362 g/mol. The molecule has 1 aromatic carbocycles. The van der Waals surface area contributed by atoms with Crippen LogP contribution in [0, 0.1) is 0 Å². The molecule has 8 heteroatoms. The summed E-state index contributed by atoms with van der Waals surface area (Å²) in [6, 6.07) is 12.9. The molecule has 0 saturated heterocycles. The van der Waals surface area contributed by atoms with E-state index < -0.39 is 0 Å². The van der Waals surface area contributed by atoms with E-state index in [0.717, 1.165) is 5.75 Å². The standard InChI is InChI=1S/C17H19N5O2.ClH/c23-17-7-6-16(21-11-8-19-14-21)20-22(17)12-9-18-10-13-24-15-4-2-1-3-5-15;/h1-8,11,14,18H,9-10,12-13H2;1H. The van der Waals surface area contributed by atoms with Gasteiger partial charge < -0.3 is 10.1 Å². The summed E-state index contributed by atoms with van der Waals surface area (Å²) in [5.41, 5.74) is -0.124. The lowest BCUT2D eigenvalue weighted by Crippen LogP contribution is -2.31. The zero-order chi connectivity index (χ0) is 16.6. The third-order valence-electron chi connectivity index (χ3n) is 3.41. The fourth-order valence-corrected chi connectivity index (χ4v) is 2.20. The number of nitrogens with one attached hydrogen (secondary N) is 1. The predicted octanol–water partition coefficient (Wildman–Crippen LogP) is 1.52. The number of hydrogen-bond donors (Lipinski definition) is 1. The molecule has 132 valence electrons. The smallest absolute Gasteiger partial charge is 0.266 e. The maximum atomic E-state index is 11.9. The molecule has 0 saturated carbocycles. The van der Waals surface area contributed by atoms with Gasteiger partial charge in [0.1, 0.15) is 18.7 Å². The molecular formula is C17H20ClN5O2. The second kappa shape index (κ2) is 9.61. The van der Waals surface area contributed by atoms with Gasteiger partial charge in [0.2, 0.25) is 0 Å². The highest BCUT2D eigenvalue weighted by Crippen LogP contribution is 2.07. The molecule has 0 aliphatic heterocycles. The number of halogens is 1. The van der Waals surface area contributed by atoms with E-state index in [1.54, 1.807) is 29.4 Å². The fourth-order valence-electron chi connectivity index (χ4n) is 2.20. The van der Waals surface area contributed by atoms with Gasteiger partial charge in [-0.2, -0.15) is 5.10 Å². The lowest BCUT2D eigenvalue weighted by molar-refractivity contribution is 0.312. The summed E-state index contributed by atoms with van der Waals surface area (Å²) in [4.78, 5) is 15.8. The Labute approximate surface area is 151 Å². The van der Waals surface area contributed by atoms with Crippen LogP contribution in [0.15, 0.2) is 66.0 Å². The Hall–Kier alpha value is -2.64. The molecule has 2 aromatic heterocycles. The van der Waals surface area contributed by atoms with Crippen molar-refractivity contribution in [2.45, 2.75) is 6.54 Å². The molecule has 3 aromatic rings. The van der Waals surface area contributed by atoms with Crippen molar-refractivity contribution >= 4 is 12.4 Å². The van der Waals surface area contributed by atoms with E-state index in [1.165, 1.54) is 10.7 Å². The molecule has 25 heavy (non-hydrogen) atoms. The number of hydrogen-bond acceptors (Lipinski definition) is 5. The number of imidazole rings is 1. The van der Waals surface area contributed by atoms with Crippen molar-refractivity contribution in [2.75, 3.05) is 19.7 Å². The Bertz CT molecular complexity index is 805. The van der Waals surface area contributed by atoms with Crippen LogP contribution in [0.3, 0.4) is 0 Å². The van der Waals surface area contributed by atoms with Crippen molar-refractivity contribution in [3.63, 3.8) is 0 Å². The number of para-hydroxylation sites is 1. The number of aromatic nitrogens is 4. The summed E-state index contributed by atoms with van der Waals surface area (Å²) in [5.74, 6) is 1.52. The van der Waals surface area contributed by atoms with Crippen LogP contribution in [0.25, 0.3) is 5.82 Å². The second-order valence-electron chi connectivity index (χ2n) is 5.13. The van der Waals surface area contributed by atoms with Gasteiger partial charge in [-0.15, -0.1) is 12.4 Å². The van der Waals surface area contributed by atoms with Crippen LogP contribution in [0.4, 0.5) is 0 Å². The summed E-state index contributed by atoms with van der Waals surface area (Å²) in [6.07, 6.45) is 5.11. The number of nitrogens with zero attached hydrogens (tertiary/aromatic N) is 4. The Morgan fingerprint density at radius 3 is 2.68 bits per heavy atom. The molecule has 0 aliphatic rings. The topological polar surface area (TPSA) is 74.0 Å². The van der Waals surface area contributed by atoms with Crippen LogP contribution in [0.1, 0.15) is 0 Å². The molecule has 0 aliphatic carbocycles. The zero-order valence-electron chi connectivity index (χ0n) is 13.6. The Morgan fingerprint density at radius 2 is 1.92 bits per heavy atom.